The Labute approximate surface area is 180 Å². The van der Waals surface area contributed by atoms with Gasteiger partial charge < -0.3 is 10.3 Å². The van der Waals surface area contributed by atoms with Gasteiger partial charge in [-0.2, -0.15) is 0 Å². The van der Waals surface area contributed by atoms with Crippen LogP contribution in [0.2, 0.25) is 0 Å². The largest absolute Gasteiger partial charge is 0.322 e. The van der Waals surface area contributed by atoms with Crippen molar-refractivity contribution in [3.05, 3.63) is 82.9 Å². The molecule has 0 bridgehead atoms. The smallest absolute Gasteiger partial charge is 0.248 e. The van der Waals surface area contributed by atoms with Crippen molar-refractivity contribution in [1.82, 2.24) is 20.0 Å². The van der Waals surface area contributed by atoms with Gasteiger partial charge in [-0.15, -0.1) is 0 Å². The minimum Gasteiger partial charge on any atom is -0.322 e. The van der Waals surface area contributed by atoms with Crippen molar-refractivity contribution in [2.75, 3.05) is 13.1 Å². The van der Waals surface area contributed by atoms with E-state index < -0.39 is 10.0 Å². The zero-order chi connectivity index (χ0) is 21.8. The molecule has 0 spiro atoms. The molecule has 4 aromatic rings. The zero-order valence-corrected chi connectivity index (χ0v) is 17.9. The van der Waals surface area contributed by atoms with Crippen LogP contribution in [-0.4, -0.2) is 37.5 Å². The van der Waals surface area contributed by atoms with E-state index in [9.17, 15) is 13.2 Å². The van der Waals surface area contributed by atoms with Gasteiger partial charge in [0.15, 0.2) is 0 Å². The second kappa shape index (κ2) is 8.97. The Morgan fingerprint density at radius 1 is 1.00 bits per heavy atom. The summed E-state index contributed by atoms with van der Waals surface area (Å²) in [6, 6.07) is 15.8. The van der Waals surface area contributed by atoms with Crippen LogP contribution >= 0.6 is 0 Å². The molecule has 0 radical (unpaired) electrons. The van der Waals surface area contributed by atoms with Gasteiger partial charge in [-0.1, -0.05) is 12.1 Å². The molecule has 1 unspecified atom stereocenters. The molecule has 0 amide bonds. The number of pyridine rings is 2. The van der Waals surface area contributed by atoms with Crippen LogP contribution in [0.3, 0.4) is 0 Å². The van der Waals surface area contributed by atoms with Crippen molar-refractivity contribution < 1.29 is 8.42 Å². The second-order valence-electron chi connectivity index (χ2n) is 7.61. The Hall–Kier alpha value is -3.07. The zero-order valence-electron chi connectivity index (χ0n) is 17.1. The number of H-pyrrole nitrogens is 1. The highest BCUT2D eigenvalue weighted by molar-refractivity contribution is 7.89. The number of nitrogens with one attached hydrogen (secondary N) is 3. The van der Waals surface area contributed by atoms with Crippen LogP contribution in [0.25, 0.3) is 21.7 Å². The lowest BCUT2D eigenvalue weighted by atomic mass is 10.1. The van der Waals surface area contributed by atoms with E-state index in [0.29, 0.717) is 13.1 Å². The molecule has 3 N–H and O–H groups in total. The van der Waals surface area contributed by atoms with Crippen molar-refractivity contribution in [2.24, 2.45) is 0 Å². The Kier molecular flexibility index (Phi) is 6.13. The monoisotopic (exact) mass is 436 g/mol. The summed E-state index contributed by atoms with van der Waals surface area (Å²) in [4.78, 5) is 18.5. The fourth-order valence-electron chi connectivity index (χ4n) is 3.51. The summed E-state index contributed by atoms with van der Waals surface area (Å²) < 4.78 is 28.1. The molecule has 2 aromatic carbocycles. The molecule has 7 nitrogen and oxygen atoms in total. The van der Waals surface area contributed by atoms with Gasteiger partial charge in [0.05, 0.1) is 4.90 Å². The standard InChI is InChI=1S/C23H24N4O3S/c1-16(27-31(29,30)21-5-3-20-15-25-11-9-18(20)13-21)14-24-10-8-17-2-6-22-19(12-17)4-7-23(28)26-22/h2-7,9,11-13,15-16,24,27H,8,10,14H2,1H3,(H,26,28). The van der Waals surface area contributed by atoms with Gasteiger partial charge in [-0.05, 0) is 72.6 Å². The second-order valence-corrected chi connectivity index (χ2v) is 9.32. The maximum atomic E-state index is 12.7. The molecule has 0 fully saturated rings. The van der Waals surface area contributed by atoms with Crippen LogP contribution in [0.5, 0.6) is 0 Å². The first-order valence-electron chi connectivity index (χ1n) is 10.1. The Morgan fingerprint density at radius 3 is 2.71 bits per heavy atom. The van der Waals surface area contributed by atoms with Gasteiger partial charge in [0, 0.05) is 41.9 Å². The first kappa shape index (κ1) is 21.2. The molecule has 160 valence electrons. The topological polar surface area (TPSA) is 104 Å². The number of aromatic nitrogens is 2. The van der Waals surface area contributed by atoms with Gasteiger partial charge in [-0.25, -0.2) is 13.1 Å². The molecule has 2 aromatic heterocycles. The fourth-order valence-corrected chi connectivity index (χ4v) is 4.79. The number of benzene rings is 2. The number of hydrogen-bond donors (Lipinski definition) is 3. The average Bonchev–Trinajstić information content (AvgIpc) is 2.76. The van der Waals surface area contributed by atoms with E-state index in [0.717, 1.165) is 33.7 Å². The van der Waals surface area contributed by atoms with E-state index in [2.05, 4.69) is 20.0 Å². The van der Waals surface area contributed by atoms with E-state index in [1.165, 1.54) is 6.07 Å². The van der Waals surface area contributed by atoms with E-state index in [1.807, 2.05) is 31.2 Å². The average molecular weight is 437 g/mol. The minimum absolute atomic E-state index is 0.112. The molecular weight excluding hydrogens is 412 g/mol. The summed E-state index contributed by atoms with van der Waals surface area (Å²) in [5.74, 6) is 0. The Balaban J connectivity index is 1.30. The third kappa shape index (κ3) is 5.16. The lowest BCUT2D eigenvalue weighted by molar-refractivity contribution is 0.537. The van der Waals surface area contributed by atoms with Crippen molar-refractivity contribution in [1.29, 1.82) is 0 Å². The van der Waals surface area contributed by atoms with Crippen LogP contribution in [-0.2, 0) is 16.4 Å². The fraction of sp³-hybridized carbons (Fsp3) is 0.217. The third-order valence-corrected chi connectivity index (χ3v) is 6.69. The van der Waals surface area contributed by atoms with Crippen LogP contribution in [0.4, 0.5) is 0 Å². The Morgan fingerprint density at radius 2 is 1.84 bits per heavy atom. The third-order valence-electron chi connectivity index (χ3n) is 5.11. The summed E-state index contributed by atoms with van der Waals surface area (Å²) in [5.41, 5.74) is 1.85. The summed E-state index contributed by atoms with van der Waals surface area (Å²) in [6.45, 7) is 3.06. The van der Waals surface area contributed by atoms with Crippen molar-refractivity contribution >= 4 is 31.7 Å². The highest BCUT2D eigenvalue weighted by Crippen LogP contribution is 2.18. The molecule has 0 aliphatic rings. The van der Waals surface area contributed by atoms with Gasteiger partial charge in [0.25, 0.3) is 0 Å². The number of rotatable bonds is 8. The SMILES string of the molecule is CC(CNCCc1ccc2[nH]c(=O)ccc2c1)NS(=O)(=O)c1ccc2cnccc2c1. The number of aromatic amines is 1. The number of hydrogen-bond acceptors (Lipinski definition) is 5. The van der Waals surface area contributed by atoms with E-state index in [-0.39, 0.29) is 16.5 Å². The van der Waals surface area contributed by atoms with Crippen LogP contribution in [0.15, 0.2) is 76.7 Å². The highest BCUT2D eigenvalue weighted by atomic mass is 32.2. The quantitative estimate of drug-likeness (QED) is 0.368. The molecule has 0 aliphatic carbocycles. The van der Waals surface area contributed by atoms with E-state index in [1.54, 1.807) is 36.7 Å². The molecule has 2 heterocycles. The van der Waals surface area contributed by atoms with Crippen LogP contribution in [0, 0.1) is 0 Å². The predicted molar refractivity (Wildman–Crippen MR) is 123 cm³/mol. The molecular formula is C23H24N4O3S. The van der Waals surface area contributed by atoms with Gasteiger partial charge in [0.2, 0.25) is 15.6 Å². The van der Waals surface area contributed by atoms with Crippen LogP contribution < -0.4 is 15.6 Å². The highest BCUT2D eigenvalue weighted by Gasteiger charge is 2.17. The summed E-state index contributed by atoms with van der Waals surface area (Å²) in [6.07, 6.45) is 4.15. The van der Waals surface area contributed by atoms with Gasteiger partial charge >= 0.3 is 0 Å². The molecule has 4 rings (SSSR count). The molecule has 31 heavy (non-hydrogen) atoms. The maximum absolute atomic E-state index is 12.7. The predicted octanol–water partition coefficient (Wildman–Crippen LogP) is 2.58. The maximum Gasteiger partial charge on any atom is 0.248 e. The van der Waals surface area contributed by atoms with Gasteiger partial charge in [0.1, 0.15) is 0 Å². The van der Waals surface area contributed by atoms with Crippen molar-refractivity contribution in [3.8, 4) is 0 Å². The molecule has 0 aliphatic heterocycles. The first-order chi connectivity index (χ1) is 14.9. The van der Waals surface area contributed by atoms with E-state index >= 15 is 0 Å². The number of fused-ring (bicyclic) bond motifs is 2. The van der Waals surface area contributed by atoms with Gasteiger partial charge in [-0.3, -0.25) is 9.78 Å². The summed E-state index contributed by atoms with van der Waals surface area (Å²) in [5, 5.41) is 6.03. The first-order valence-corrected chi connectivity index (χ1v) is 11.6. The summed E-state index contributed by atoms with van der Waals surface area (Å²) in [7, 11) is -3.61. The van der Waals surface area contributed by atoms with Crippen molar-refractivity contribution in [3.63, 3.8) is 0 Å². The lowest BCUT2D eigenvalue weighted by Crippen LogP contribution is -2.40. The molecule has 1 atom stereocenters. The summed E-state index contributed by atoms with van der Waals surface area (Å²) >= 11 is 0. The lowest BCUT2D eigenvalue weighted by Gasteiger charge is -2.15. The molecule has 0 saturated heterocycles. The number of nitrogens with zero attached hydrogens (tertiary/aromatic N) is 1. The number of sulfonamides is 1. The molecule has 8 heteroatoms. The Bertz CT molecular complexity index is 1380. The minimum atomic E-state index is -3.61. The van der Waals surface area contributed by atoms with Crippen LogP contribution in [0.1, 0.15) is 12.5 Å². The normalized spacial score (nSPS) is 12.9. The van der Waals surface area contributed by atoms with E-state index in [4.69, 9.17) is 0 Å². The van der Waals surface area contributed by atoms with Crippen molar-refractivity contribution in [2.45, 2.75) is 24.3 Å². The molecule has 0 saturated carbocycles.